The van der Waals surface area contributed by atoms with Crippen LogP contribution in [-0.2, 0) is 10.2 Å². The molecule has 0 amide bonds. The summed E-state index contributed by atoms with van der Waals surface area (Å²) >= 11 is 1.54. The SMILES string of the molecule is COC(=O)c1cscc1C(C)(C)C. The Morgan fingerprint density at radius 3 is 2.46 bits per heavy atom. The monoisotopic (exact) mass is 198 g/mol. The highest BCUT2D eigenvalue weighted by Gasteiger charge is 2.22. The third-order valence-electron chi connectivity index (χ3n) is 1.88. The summed E-state index contributed by atoms with van der Waals surface area (Å²) in [6.07, 6.45) is 0. The smallest absolute Gasteiger partial charge is 0.338 e. The quantitative estimate of drug-likeness (QED) is 0.649. The van der Waals surface area contributed by atoms with Crippen molar-refractivity contribution < 1.29 is 9.53 Å². The van der Waals surface area contributed by atoms with E-state index >= 15 is 0 Å². The first-order chi connectivity index (χ1) is 5.96. The molecule has 2 nitrogen and oxygen atoms in total. The maximum absolute atomic E-state index is 11.3. The summed E-state index contributed by atoms with van der Waals surface area (Å²) in [6, 6.07) is 0. The Labute approximate surface area is 82.5 Å². The van der Waals surface area contributed by atoms with E-state index in [1.54, 1.807) is 0 Å². The molecule has 0 saturated heterocycles. The molecule has 0 aliphatic heterocycles. The zero-order chi connectivity index (χ0) is 10.1. The van der Waals surface area contributed by atoms with Crippen molar-refractivity contribution in [2.75, 3.05) is 7.11 Å². The van der Waals surface area contributed by atoms with Gasteiger partial charge in [0.15, 0.2) is 0 Å². The van der Waals surface area contributed by atoms with Gasteiger partial charge in [0.05, 0.1) is 12.7 Å². The highest BCUT2D eigenvalue weighted by molar-refractivity contribution is 7.08. The molecule has 0 saturated carbocycles. The molecule has 0 fully saturated rings. The van der Waals surface area contributed by atoms with Gasteiger partial charge >= 0.3 is 5.97 Å². The highest BCUT2D eigenvalue weighted by Crippen LogP contribution is 2.29. The Bertz CT molecular complexity index is 307. The van der Waals surface area contributed by atoms with Crippen LogP contribution >= 0.6 is 11.3 Å². The van der Waals surface area contributed by atoms with Gasteiger partial charge in [0.2, 0.25) is 0 Å². The number of methoxy groups -OCH3 is 1. The second-order valence-corrected chi connectivity index (χ2v) is 4.68. The molecule has 13 heavy (non-hydrogen) atoms. The first kappa shape index (κ1) is 10.3. The average Bonchev–Trinajstić information content (AvgIpc) is 2.49. The number of rotatable bonds is 1. The summed E-state index contributed by atoms with van der Waals surface area (Å²) in [6.45, 7) is 6.25. The minimum atomic E-state index is -0.244. The fraction of sp³-hybridized carbons (Fsp3) is 0.500. The van der Waals surface area contributed by atoms with Crippen molar-refractivity contribution in [2.45, 2.75) is 26.2 Å². The zero-order valence-corrected chi connectivity index (χ0v) is 9.20. The Kier molecular flexibility index (Phi) is 2.76. The molecule has 0 unspecified atom stereocenters. The third-order valence-corrected chi connectivity index (χ3v) is 2.62. The van der Waals surface area contributed by atoms with E-state index in [0.29, 0.717) is 5.56 Å². The van der Waals surface area contributed by atoms with Crippen LogP contribution in [0.4, 0.5) is 0 Å². The lowest BCUT2D eigenvalue weighted by atomic mass is 9.86. The Balaban J connectivity index is 3.10. The van der Waals surface area contributed by atoms with Gasteiger partial charge in [-0.05, 0) is 16.4 Å². The summed E-state index contributed by atoms with van der Waals surface area (Å²) in [4.78, 5) is 11.3. The Hall–Kier alpha value is -0.830. The van der Waals surface area contributed by atoms with Crippen LogP contribution in [0.25, 0.3) is 0 Å². The second-order valence-electron chi connectivity index (χ2n) is 3.94. The molecule has 0 aliphatic rings. The minimum Gasteiger partial charge on any atom is -0.465 e. The number of ether oxygens (including phenoxy) is 1. The summed E-state index contributed by atoms with van der Waals surface area (Å²) in [7, 11) is 1.41. The molecule has 0 atom stereocenters. The van der Waals surface area contributed by atoms with Gasteiger partial charge in [-0.25, -0.2) is 4.79 Å². The van der Waals surface area contributed by atoms with Crippen molar-refractivity contribution in [1.82, 2.24) is 0 Å². The fourth-order valence-corrected chi connectivity index (χ4v) is 2.19. The number of carbonyl (C=O) groups is 1. The lowest BCUT2D eigenvalue weighted by Gasteiger charge is -2.18. The van der Waals surface area contributed by atoms with Crippen LogP contribution < -0.4 is 0 Å². The van der Waals surface area contributed by atoms with E-state index in [-0.39, 0.29) is 11.4 Å². The van der Waals surface area contributed by atoms with Crippen LogP contribution in [0.15, 0.2) is 10.8 Å². The number of carbonyl (C=O) groups excluding carboxylic acids is 1. The van der Waals surface area contributed by atoms with Crippen LogP contribution in [-0.4, -0.2) is 13.1 Å². The molecule has 1 aromatic rings. The number of thiophene rings is 1. The molecule has 1 aromatic heterocycles. The molecule has 0 N–H and O–H groups in total. The van der Waals surface area contributed by atoms with Crippen molar-refractivity contribution in [1.29, 1.82) is 0 Å². The van der Waals surface area contributed by atoms with Gasteiger partial charge in [-0.1, -0.05) is 20.8 Å². The highest BCUT2D eigenvalue weighted by atomic mass is 32.1. The van der Waals surface area contributed by atoms with Crippen LogP contribution in [0.5, 0.6) is 0 Å². The third kappa shape index (κ3) is 2.10. The number of hydrogen-bond donors (Lipinski definition) is 0. The van der Waals surface area contributed by atoms with Crippen molar-refractivity contribution in [3.8, 4) is 0 Å². The molecule has 0 aliphatic carbocycles. The van der Waals surface area contributed by atoms with E-state index in [1.165, 1.54) is 18.4 Å². The maximum Gasteiger partial charge on any atom is 0.338 e. The van der Waals surface area contributed by atoms with Crippen LogP contribution in [0.3, 0.4) is 0 Å². The topological polar surface area (TPSA) is 26.3 Å². The largest absolute Gasteiger partial charge is 0.465 e. The predicted octanol–water partition coefficient (Wildman–Crippen LogP) is 2.83. The Morgan fingerprint density at radius 1 is 1.38 bits per heavy atom. The number of hydrogen-bond acceptors (Lipinski definition) is 3. The summed E-state index contributed by atoms with van der Waals surface area (Å²) in [5.74, 6) is -0.244. The normalized spacial score (nSPS) is 11.4. The van der Waals surface area contributed by atoms with Crippen LogP contribution in [0.1, 0.15) is 36.7 Å². The zero-order valence-electron chi connectivity index (χ0n) is 8.38. The van der Waals surface area contributed by atoms with E-state index in [0.717, 1.165) is 5.56 Å². The summed E-state index contributed by atoms with van der Waals surface area (Å²) in [5, 5.41) is 3.85. The molecular formula is C10H14O2S. The maximum atomic E-state index is 11.3. The fourth-order valence-electron chi connectivity index (χ4n) is 1.15. The van der Waals surface area contributed by atoms with Gasteiger partial charge in [0.25, 0.3) is 0 Å². The van der Waals surface area contributed by atoms with E-state index in [2.05, 4.69) is 20.8 Å². The van der Waals surface area contributed by atoms with E-state index < -0.39 is 0 Å². The minimum absolute atomic E-state index is 0.00350. The molecule has 0 bridgehead atoms. The summed E-state index contributed by atoms with van der Waals surface area (Å²) in [5.41, 5.74) is 1.76. The van der Waals surface area contributed by atoms with E-state index in [9.17, 15) is 4.79 Å². The van der Waals surface area contributed by atoms with Gasteiger partial charge in [-0.15, -0.1) is 0 Å². The molecule has 1 heterocycles. The summed E-state index contributed by atoms with van der Waals surface area (Å²) < 4.78 is 4.70. The van der Waals surface area contributed by atoms with E-state index in [4.69, 9.17) is 4.74 Å². The van der Waals surface area contributed by atoms with Crippen LogP contribution in [0, 0.1) is 0 Å². The van der Waals surface area contributed by atoms with Gasteiger partial charge < -0.3 is 4.74 Å². The molecule has 1 rings (SSSR count). The van der Waals surface area contributed by atoms with Crippen molar-refractivity contribution in [3.05, 3.63) is 21.9 Å². The van der Waals surface area contributed by atoms with Crippen molar-refractivity contribution >= 4 is 17.3 Å². The average molecular weight is 198 g/mol. The molecule has 3 heteroatoms. The first-order valence-electron chi connectivity index (χ1n) is 4.12. The molecule has 0 spiro atoms. The standard InChI is InChI=1S/C10H14O2S/c1-10(2,3)8-6-13-5-7(8)9(11)12-4/h5-6H,1-4H3. The Morgan fingerprint density at radius 2 is 2.00 bits per heavy atom. The number of esters is 1. The molecule has 0 aromatic carbocycles. The van der Waals surface area contributed by atoms with E-state index in [1.807, 2.05) is 10.8 Å². The van der Waals surface area contributed by atoms with Gasteiger partial charge in [0, 0.05) is 5.38 Å². The van der Waals surface area contributed by atoms with Gasteiger partial charge in [-0.2, -0.15) is 11.3 Å². The van der Waals surface area contributed by atoms with Gasteiger partial charge in [-0.3, -0.25) is 0 Å². The second kappa shape index (κ2) is 3.50. The first-order valence-corrected chi connectivity index (χ1v) is 5.06. The molecule has 72 valence electrons. The molecular weight excluding hydrogens is 184 g/mol. The predicted molar refractivity (Wildman–Crippen MR) is 54.4 cm³/mol. The molecule has 0 radical (unpaired) electrons. The van der Waals surface area contributed by atoms with Crippen LogP contribution in [0.2, 0.25) is 0 Å². The lowest BCUT2D eigenvalue weighted by molar-refractivity contribution is 0.0598. The van der Waals surface area contributed by atoms with Crippen molar-refractivity contribution in [2.24, 2.45) is 0 Å². The van der Waals surface area contributed by atoms with Gasteiger partial charge in [0.1, 0.15) is 0 Å². The lowest BCUT2D eigenvalue weighted by Crippen LogP contribution is -2.15. The van der Waals surface area contributed by atoms with Crippen molar-refractivity contribution in [3.63, 3.8) is 0 Å².